The molecule has 0 radical (unpaired) electrons. The van der Waals surface area contributed by atoms with Gasteiger partial charge in [0.2, 0.25) is 0 Å². The normalized spacial score (nSPS) is 9.55. The molecule has 0 aromatic carbocycles. The molecule has 0 saturated heterocycles. The molecule has 0 aromatic heterocycles. The van der Waals surface area contributed by atoms with Crippen molar-refractivity contribution in [2.45, 2.75) is 6.92 Å². The van der Waals surface area contributed by atoms with E-state index in [0.29, 0.717) is 6.29 Å². The van der Waals surface area contributed by atoms with Crippen LogP contribution in [0.5, 0.6) is 0 Å². The Morgan fingerprint density at radius 1 is 1.45 bits per heavy atom. The molecule has 0 fully saturated rings. The minimum absolute atomic E-state index is 0.306. The quantitative estimate of drug-likeness (QED) is 0.323. The van der Waals surface area contributed by atoms with E-state index in [1.54, 1.807) is 0 Å². The highest BCUT2D eigenvalue weighted by atomic mass is 16.5. The lowest BCUT2D eigenvalue weighted by Crippen LogP contribution is -2.08. The van der Waals surface area contributed by atoms with Gasteiger partial charge < -0.3 is 4.74 Å². The zero-order chi connectivity index (χ0) is 8.69. The summed E-state index contributed by atoms with van der Waals surface area (Å²) in [7, 11) is 0. The Balaban J connectivity index is 3.61. The van der Waals surface area contributed by atoms with E-state index in [1.807, 2.05) is 0 Å². The molecule has 0 rings (SSSR count). The Morgan fingerprint density at radius 2 is 2.09 bits per heavy atom. The largest absolute Gasteiger partial charge is 0.457 e. The van der Waals surface area contributed by atoms with Gasteiger partial charge in [0.25, 0.3) is 0 Å². The van der Waals surface area contributed by atoms with Crippen LogP contribution in [0, 0.1) is 0 Å². The Labute approximate surface area is 63.8 Å². The maximum absolute atomic E-state index is 10.6. The van der Waals surface area contributed by atoms with Gasteiger partial charge in [-0.05, 0) is 12.2 Å². The Hall–Kier alpha value is -1.45. The molecule has 0 atom stereocenters. The highest BCUT2D eigenvalue weighted by Gasteiger charge is 1.97. The summed E-state index contributed by atoms with van der Waals surface area (Å²) in [6.07, 6.45) is 2.58. The van der Waals surface area contributed by atoms with E-state index in [1.165, 1.54) is 6.92 Å². The first-order valence-corrected chi connectivity index (χ1v) is 2.95. The minimum Gasteiger partial charge on any atom is -0.457 e. The Bertz CT molecular complexity index is 193. The van der Waals surface area contributed by atoms with E-state index in [-0.39, 0.29) is 6.61 Å². The first kappa shape index (κ1) is 9.55. The Kier molecular flexibility index (Phi) is 4.64. The highest BCUT2D eigenvalue weighted by Crippen LogP contribution is 1.80. The maximum Gasteiger partial charge on any atom is 0.303 e. The van der Waals surface area contributed by atoms with Crippen molar-refractivity contribution < 1.29 is 19.1 Å². The molecule has 0 N–H and O–H groups in total. The molecule has 11 heavy (non-hydrogen) atoms. The summed E-state index contributed by atoms with van der Waals surface area (Å²) in [6.45, 7) is 0.899. The van der Waals surface area contributed by atoms with Gasteiger partial charge in [0.05, 0.1) is 0 Å². The van der Waals surface area contributed by atoms with Gasteiger partial charge >= 0.3 is 5.97 Å². The zero-order valence-electron chi connectivity index (χ0n) is 6.07. The maximum atomic E-state index is 10.6. The number of allylic oxidation sites excluding steroid dienone is 1. The predicted octanol–water partition coefficient (Wildman–Crippen LogP) is -0.126. The fourth-order valence-electron chi connectivity index (χ4n) is 0.367. The molecule has 0 aromatic rings. The third-order valence-corrected chi connectivity index (χ3v) is 0.778. The SMILES string of the molecule is CC(=O)OCC(=O)/C=C\C=O. The molecular weight excluding hydrogens is 148 g/mol. The average Bonchev–Trinajstić information content (AvgIpc) is 1.97. The number of esters is 1. The summed E-state index contributed by atoms with van der Waals surface area (Å²) in [4.78, 5) is 30.4. The molecule has 0 bridgehead atoms. The summed E-state index contributed by atoms with van der Waals surface area (Å²) < 4.78 is 4.35. The fraction of sp³-hybridized carbons (Fsp3) is 0.286. The molecule has 4 heteroatoms. The van der Waals surface area contributed by atoms with E-state index < -0.39 is 11.8 Å². The van der Waals surface area contributed by atoms with Crippen LogP contribution in [0.3, 0.4) is 0 Å². The minimum atomic E-state index is -0.516. The first-order valence-electron chi connectivity index (χ1n) is 2.95. The summed E-state index contributed by atoms with van der Waals surface area (Å²) in [5, 5.41) is 0. The van der Waals surface area contributed by atoms with Gasteiger partial charge in [0, 0.05) is 6.92 Å². The van der Waals surface area contributed by atoms with Gasteiger partial charge in [-0.25, -0.2) is 0 Å². The number of rotatable bonds is 4. The number of ether oxygens (including phenoxy) is 1. The van der Waals surface area contributed by atoms with Crippen molar-refractivity contribution in [3.05, 3.63) is 12.2 Å². The van der Waals surface area contributed by atoms with Crippen LogP contribution in [0.4, 0.5) is 0 Å². The molecule has 60 valence electrons. The number of aldehydes is 1. The van der Waals surface area contributed by atoms with Crippen molar-refractivity contribution in [2.24, 2.45) is 0 Å². The summed E-state index contributed by atoms with van der Waals surface area (Å²) in [5.41, 5.74) is 0. The molecule has 0 aliphatic carbocycles. The molecule has 0 aliphatic heterocycles. The second-order valence-electron chi connectivity index (χ2n) is 1.74. The number of hydrogen-bond acceptors (Lipinski definition) is 4. The fourth-order valence-corrected chi connectivity index (χ4v) is 0.367. The van der Waals surface area contributed by atoms with Crippen LogP contribution in [0.25, 0.3) is 0 Å². The van der Waals surface area contributed by atoms with Crippen LogP contribution in [0.1, 0.15) is 6.92 Å². The van der Waals surface area contributed by atoms with Crippen LogP contribution in [0.15, 0.2) is 12.2 Å². The van der Waals surface area contributed by atoms with Crippen molar-refractivity contribution in [2.75, 3.05) is 6.61 Å². The van der Waals surface area contributed by atoms with Crippen molar-refractivity contribution >= 4 is 18.0 Å². The standard InChI is InChI=1S/C7H8O4/c1-6(9)11-5-7(10)3-2-4-8/h2-4H,5H2,1H3/b3-2-. The highest BCUT2D eigenvalue weighted by molar-refractivity contribution is 5.94. The first-order chi connectivity index (χ1) is 5.16. The number of carbonyl (C=O) groups is 3. The molecule has 0 saturated carbocycles. The molecule has 0 unspecified atom stereocenters. The predicted molar refractivity (Wildman–Crippen MR) is 36.8 cm³/mol. The molecule has 0 heterocycles. The van der Waals surface area contributed by atoms with Crippen LogP contribution >= 0.6 is 0 Å². The van der Waals surface area contributed by atoms with E-state index in [0.717, 1.165) is 12.2 Å². The van der Waals surface area contributed by atoms with Gasteiger partial charge in [0.15, 0.2) is 12.4 Å². The molecule has 0 aliphatic rings. The van der Waals surface area contributed by atoms with Gasteiger partial charge in [-0.1, -0.05) is 0 Å². The second kappa shape index (κ2) is 5.34. The smallest absolute Gasteiger partial charge is 0.303 e. The van der Waals surface area contributed by atoms with Gasteiger partial charge in [-0.15, -0.1) is 0 Å². The molecule has 0 spiro atoms. The third-order valence-electron chi connectivity index (χ3n) is 0.778. The van der Waals surface area contributed by atoms with Crippen molar-refractivity contribution in [3.8, 4) is 0 Å². The molecule has 0 amide bonds. The van der Waals surface area contributed by atoms with Gasteiger partial charge in [-0.3, -0.25) is 14.4 Å². The number of hydrogen-bond donors (Lipinski definition) is 0. The average molecular weight is 156 g/mol. The lowest BCUT2D eigenvalue weighted by molar-refractivity contribution is -0.144. The summed E-state index contributed by atoms with van der Waals surface area (Å²) >= 11 is 0. The van der Waals surface area contributed by atoms with Gasteiger partial charge in [0.1, 0.15) is 6.29 Å². The third kappa shape index (κ3) is 6.44. The van der Waals surface area contributed by atoms with Crippen LogP contribution in [0.2, 0.25) is 0 Å². The van der Waals surface area contributed by atoms with Crippen LogP contribution in [-0.2, 0) is 19.1 Å². The van der Waals surface area contributed by atoms with E-state index >= 15 is 0 Å². The topological polar surface area (TPSA) is 60.4 Å². The summed E-state index contributed by atoms with van der Waals surface area (Å²) in [6, 6.07) is 0. The van der Waals surface area contributed by atoms with E-state index in [9.17, 15) is 14.4 Å². The zero-order valence-corrected chi connectivity index (χ0v) is 6.07. The Morgan fingerprint density at radius 3 is 2.55 bits per heavy atom. The molecule has 4 nitrogen and oxygen atoms in total. The number of carbonyl (C=O) groups excluding carboxylic acids is 3. The van der Waals surface area contributed by atoms with Crippen LogP contribution in [-0.4, -0.2) is 24.6 Å². The second-order valence-corrected chi connectivity index (χ2v) is 1.74. The monoisotopic (exact) mass is 156 g/mol. The lowest BCUT2D eigenvalue weighted by Gasteiger charge is -1.94. The van der Waals surface area contributed by atoms with Crippen molar-refractivity contribution in [3.63, 3.8) is 0 Å². The van der Waals surface area contributed by atoms with Crippen molar-refractivity contribution in [1.29, 1.82) is 0 Å². The van der Waals surface area contributed by atoms with E-state index in [2.05, 4.69) is 4.74 Å². The van der Waals surface area contributed by atoms with Gasteiger partial charge in [-0.2, -0.15) is 0 Å². The number of ketones is 1. The molecular formula is C7H8O4. The summed E-state index contributed by atoms with van der Waals surface area (Å²) in [5.74, 6) is -0.926. The van der Waals surface area contributed by atoms with Crippen LogP contribution < -0.4 is 0 Å². The lowest BCUT2D eigenvalue weighted by atomic mass is 10.4. The van der Waals surface area contributed by atoms with Crippen molar-refractivity contribution in [1.82, 2.24) is 0 Å². The van der Waals surface area contributed by atoms with E-state index in [4.69, 9.17) is 0 Å².